The number of aliphatic hydroxyl groups excluding tert-OH is 6. The predicted octanol–water partition coefficient (Wildman–Crippen LogP) is -2.29. The summed E-state index contributed by atoms with van der Waals surface area (Å²) >= 11 is 0. The summed E-state index contributed by atoms with van der Waals surface area (Å²) in [5.74, 6) is -4.04. The zero-order chi connectivity index (χ0) is 32.0. The SMILES string of the molecule is O=C(O)C1O[C@@H](Oc2ccc(-c3cc(=O)c4c(O)cc(O[C@@H]5O[C@@H](C(=O)O)[C@@H](O)C(O)C5O)cc4o3)cc2)C(O)C(O)[C@@H]1O. The molecule has 0 aliphatic carbocycles. The van der Waals surface area contributed by atoms with Gasteiger partial charge in [-0.05, 0) is 24.3 Å². The Labute approximate surface area is 244 Å². The zero-order valence-electron chi connectivity index (χ0n) is 22.1. The van der Waals surface area contributed by atoms with Gasteiger partial charge in [-0.2, -0.15) is 0 Å². The third-order valence-corrected chi connectivity index (χ3v) is 7.05. The van der Waals surface area contributed by atoms with E-state index in [1.165, 1.54) is 24.3 Å². The van der Waals surface area contributed by atoms with Crippen LogP contribution in [0.25, 0.3) is 22.3 Å². The Bertz CT molecular complexity index is 1600. The number of phenols is 1. The second-order valence-corrected chi connectivity index (χ2v) is 10.0. The first-order valence-corrected chi connectivity index (χ1v) is 12.9. The Kier molecular flexibility index (Phi) is 8.47. The Hall–Kier alpha value is -4.33. The normalized spacial score (nSPS) is 32.2. The number of fused-ring (bicyclic) bond motifs is 1. The van der Waals surface area contributed by atoms with Gasteiger partial charge in [-0.25, -0.2) is 9.59 Å². The lowest BCUT2D eigenvalue weighted by Gasteiger charge is -2.38. The van der Waals surface area contributed by atoms with E-state index in [9.17, 15) is 60.3 Å². The van der Waals surface area contributed by atoms with Crippen LogP contribution in [0, 0.1) is 0 Å². The van der Waals surface area contributed by atoms with Crippen LogP contribution in [0.3, 0.4) is 0 Å². The van der Waals surface area contributed by atoms with Gasteiger partial charge in [0.2, 0.25) is 12.6 Å². The fourth-order valence-electron chi connectivity index (χ4n) is 4.72. The van der Waals surface area contributed by atoms with Gasteiger partial charge in [0.25, 0.3) is 0 Å². The maximum atomic E-state index is 12.8. The molecule has 2 aromatic carbocycles. The van der Waals surface area contributed by atoms with E-state index in [0.717, 1.165) is 18.2 Å². The van der Waals surface area contributed by atoms with E-state index in [0.29, 0.717) is 5.56 Å². The fraction of sp³-hybridized carbons (Fsp3) is 0.370. The molecule has 9 N–H and O–H groups in total. The van der Waals surface area contributed by atoms with E-state index in [1.54, 1.807) is 0 Å². The number of ether oxygens (including phenoxy) is 4. The lowest BCUT2D eigenvalue weighted by Crippen LogP contribution is -2.61. The van der Waals surface area contributed by atoms with Crippen LogP contribution < -0.4 is 14.9 Å². The van der Waals surface area contributed by atoms with Crippen LogP contribution >= 0.6 is 0 Å². The molecule has 0 radical (unpaired) electrons. The van der Waals surface area contributed by atoms with Crippen molar-refractivity contribution >= 4 is 22.9 Å². The highest BCUT2D eigenvalue weighted by atomic mass is 16.7. The lowest BCUT2D eigenvalue weighted by atomic mass is 9.99. The second-order valence-electron chi connectivity index (χ2n) is 10.0. The summed E-state index contributed by atoms with van der Waals surface area (Å²) in [6, 6.07) is 8.72. The van der Waals surface area contributed by atoms with Crippen molar-refractivity contribution in [1.29, 1.82) is 0 Å². The van der Waals surface area contributed by atoms with Gasteiger partial charge in [0.15, 0.2) is 17.6 Å². The van der Waals surface area contributed by atoms with Crippen molar-refractivity contribution in [3.63, 3.8) is 0 Å². The molecule has 17 heteroatoms. The van der Waals surface area contributed by atoms with Gasteiger partial charge in [0, 0.05) is 23.8 Å². The summed E-state index contributed by atoms with van der Waals surface area (Å²) < 4.78 is 26.8. The minimum atomic E-state index is -1.95. The maximum Gasteiger partial charge on any atom is 0.335 e. The topological polar surface area (TPSA) is 283 Å². The van der Waals surface area contributed by atoms with Gasteiger partial charge >= 0.3 is 11.9 Å². The molecule has 5 rings (SSSR count). The van der Waals surface area contributed by atoms with Crippen LogP contribution in [0.1, 0.15) is 0 Å². The predicted molar refractivity (Wildman–Crippen MR) is 139 cm³/mol. The molecule has 0 saturated carbocycles. The van der Waals surface area contributed by atoms with E-state index < -0.39 is 84.5 Å². The number of aliphatic carboxylic acids is 2. The van der Waals surface area contributed by atoms with Gasteiger partial charge in [-0.3, -0.25) is 4.79 Å². The first-order chi connectivity index (χ1) is 20.8. The van der Waals surface area contributed by atoms with Gasteiger partial charge in [0.1, 0.15) is 70.6 Å². The van der Waals surface area contributed by atoms with Crippen LogP contribution in [-0.2, 0) is 19.1 Å². The molecular formula is C27H26O17. The minimum absolute atomic E-state index is 0.0116. The van der Waals surface area contributed by atoms with E-state index in [2.05, 4.69) is 0 Å². The standard InChI is InChI=1S/C27H26O17/c28-11-5-10(41-27-21(35)17(31)19(33)23(44-27)25(38)39)6-14-15(11)12(29)7-13(42-14)8-1-3-9(4-2-8)40-26-20(34)16(30)18(32)22(43-26)24(36)37/h1-7,16-23,26-28,30-35H,(H,36,37)(H,38,39)/t16?,17?,18-,19-,20?,21?,22?,23+,26+,27+/m0/s1. The fourth-order valence-corrected chi connectivity index (χ4v) is 4.72. The van der Waals surface area contributed by atoms with Crippen molar-refractivity contribution in [2.45, 2.75) is 61.4 Å². The molecule has 2 saturated heterocycles. The number of rotatable bonds is 7. The first-order valence-electron chi connectivity index (χ1n) is 12.9. The largest absolute Gasteiger partial charge is 0.507 e. The number of phenolic OH excluding ortho intramolecular Hbond substituents is 1. The molecule has 2 aliphatic heterocycles. The summed E-state index contributed by atoms with van der Waals surface area (Å²) in [5.41, 5.74) is -0.567. The van der Waals surface area contributed by atoms with Crippen molar-refractivity contribution in [1.82, 2.24) is 0 Å². The highest BCUT2D eigenvalue weighted by Gasteiger charge is 2.49. The van der Waals surface area contributed by atoms with E-state index in [4.69, 9.17) is 23.4 Å². The van der Waals surface area contributed by atoms with E-state index in [-0.39, 0.29) is 28.2 Å². The van der Waals surface area contributed by atoms with Crippen molar-refractivity contribution in [3.8, 4) is 28.6 Å². The third-order valence-electron chi connectivity index (χ3n) is 7.05. The van der Waals surface area contributed by atoms with Crippen LogP contribution in [-0.4, -0.2) is 119 Å². The molecular weight excluding hydrogens is 596 g/mol. The maximum absolute atomic E-state index is 12.8. The van der Waals surface area contributed by atoms with Crippen molar-refractivity contribution in [3.05, 3.63) is 52.7 Å². The Balaban J connectivity index is 1.38. The summed E-state index contributed by atoms with van der Waals surface area (Å²) in [6.07, 6.45) is -18.6. The van der Waals surface area contributed by atoms with Gasteiger partial charge < -0.3 is 69.3 Å². The van der Waals surface area contributed by atoms with Crippen LogP contribution in [0.15, 0.2) is 51.7 Å². The molecule has 10 atom stereocenters. The number of aliphatic hydroxyl groups is 6. The molecule has 44 heavy (non-hydrogen) atoms. The molecule has 3 aromatic rings. The number of hydrogen-bond donors (Lipinski definition) is 9. The van der Waals surface area contributed by atoms with Crippen LogP contribution in [0.2, 0.25) is 0 Å². The molecule has 0 spiro atoms. The molecule has 17 nitrogen and oxygen atoms in total. The lowest BCUT2D eigenvalue weighted by molar-refractivity contribution is -0.271. The number of carboxylic acids is 2. The Morgan fingerprint density at radius 2 is 1.16 bits per heavy atom. The van der Waals surface area contributed by atoms with E-state index in [1.807, 2.05) is 0 Å². The number of aromatic hydroxyl groups is 1. The van der Waals surface area contributed by atoms with Gasteiger partial charge in [-0.15, -0.1) is 0 Å². The Morgan fingerprint density at radius 1 is 0.659 bits per heavy atom. The smallest absolute Gasteiger partial charge is 0.335 e. The molecule has 3 heterocycles. The average Bonchev–Trinajstić information content (AvgIpc) is 2.97. The van der Waals surface area contributed by atoms with Crippen LogP contribution in [0.4, 0.5) is 0 Å². The summed E-state index contributed by atoms with van der Waals surface area (Å²) in [6.45, 7) is 0. The zero-order valence-corrected chi connectivity index (χ0v) is 22.1. The monoisotopic (exact) mass is 622 g/mol. The number of benzene rings is 2. The minimum Gasteiger partial charge on any atom is -0.507 e. The van der Waals surface area contributed by atoms with Crippen molar-refractivity contribution in [2.24, 2.45) is 0 Å². The van der Waals surface area contributed by atoms with Crippen molar-refractivity contribution in [2.75, 3.05) is 0 Å². The number of hydrogen-bond acceptors (Lipinski definition) is 15. The highest BCUT2D eigenvalue weighted by molar-refractivity contribution is 5.86. The van der Waals surface area contributed by atoms with Gasteiger partial charge in [-0.1, -0.05) is 0 Å². The second kappa shape index (κ2) is 12.0. The molecule has 236 valence electrons. The molecule has 5 unspecified atom stereocenters. The molecule has 0 bridgehead atoms. The quantitative estimate of drug-likeness (QED) is 0.134. The number of carboxylic acid groups (broad SMARTS) is 2. The van der Waals surface area contributed by atoms with Gasteiger partial charge in [0.05, 0.1) is 0 Å². The molecule has 2 fully saturated rings. The van der Waals surface area contributed by atoms with Crippen molar-refractivity contribution < 1.29 is 78.9 Å². The summed E-state index contributed by atoms with van der Waals surface area (Å²) in [7, 11) is 0. The highest BCUT2D eigenvalue weighted by Crippen LogP contribution is 2.34. The summed E-state index contributed by atoms with van der Waals surface area (Å²) in [4.78, 5) is 35.5. The third kappa shape index (κ3) is 5.77. The molecule has 0 amide bonds. The Morgan fingerprint density at radius 3 is 1.66 bits per heavy atom. The summed E-state index contributed by atoms with van der Waals surface area (Å²) in [5, 5.41) is 88.7. The molecule has 1 aromatic heterocycles. The average molecular weight is 622 g/mol. The molecule has 2 aliphatic rings. The number of carbonyl (C=O) groups is 2. The van der Waals surface area contributed by atoms with Crippen LogP contribution in [0.5, 0.6) is 17.2 Å². The van der Waals surface area contributed by atoms with E-state index >= 15 is 0 Å². The first kappa shape index (κ1) is 31.1.